The van der Waals surface area contributed by atoms with Gasteiger partial charge in [0.15, 0.2) is 0 Å². The van der Waals surface area contributed by atoms with Gasteiger partial charge in [-0.25, -0.2) is 0 Å². The molecule has 0 spiro atoms. The van der Waals surface area contributed by atoms with Crippen LogP contribution in [0.15, 0.2) is 0 Å². The Morgan fingerprint density at radius 3 is 2.60 bits per heavy atom. The van der Waals surface area contributed by atoms with E-state index in [1.807, 2.05) is 11.8 Å². The van der Waals surface area contributed by atoms with E-state index >= 15 is 0 Å². The van der Waals surface area contributed by atoms with E-state index in [1.54, 1.807) is 0 Å². The standard InChI is InChI=1S/C11H19NO3/c1-8-6-9(7-15-8)11(14)12-4-2-10(13)3-5-12/h8-10,13H,2-7H2,1H3. The number of aliphatic hydroxyl groups excluding tert-OH is 1. The lowest BCUT2D eigenvalue weighted by Crippen LogP contribution is -2.43. The van der Waals surface area contributed by atoms with Crippen molar-refractivity contribution in [3.8, 4) is 0 Å². The molecular formula is C11H19NO3. The topological polar surface area (TPSA) is 49.8 Å². The van der Waals surface area contributed by atoms with Crippen LogP contribution in [0.4, 0.5) is 0 Å². The highest BCUT2D eigenvalue weighted by Gasteiger charge is 2.32. The third-order valence-corrected chi connectivity index (χ3v) is 3.32. The Morgan fingerprint density at radius 2 is 2.07 bits per heavy atom. The summed E-state index contributed by atoms with van der Waals surface area (Å²) in [6.07, 6.45) is 2.28. The average molecular weight is 213 g/mol. The fourth-order valence-corrected chi connectivity index (χ4v) is 2.33. The van der Waals surface area contributed by atoms with Crippen LogP contribution in [0.1, 0.15) is 26.2 Å². The maximum atomic E-state index is 12.0. The van der Waals surface area contributed by atoms with Gasteiger partial charge in [0.2, 0.25) is 5.91 Å². The van der Waals surface area contributed by atoms with Gasteiger partial charge in [0.25, 0.3) is 0 Å². The largest absolute Gasteiger partial charge is 0.393 e. The summed E-state index contributed by atoms with van der Waals surface area (Å²) in [6.45, 7) is 3.97. The molecular weight excluding hydrogens is 194 g/mol. The number of amides is 1. The zero-order valence-corrected chi connectivity index (χ0v) is 9.19. The fraction of sp³-hybridized carbons (Fsp3) is 0.909. The van der Waals surface area contributed by atoms with E-state index in [-0.39, 0.29) is 24.0 Å². The first-order valence-corrected chi connectivity index (χ1v) is 5.75. The highest BCUT2D eigenvalue weighted by atomic mass is 16.5. The quantitative estimate of drug-likeness (QED) is 0.685. The number of piperidine rings is 1. The Morgan fingerprint density at radius 1 is 1.40 bits per heavy atom. The molecule has 1 N–H and O–H groups in total. The molecule has 2 atom stereocenters. The lowest BCUT2D eigenvalue weighted by molar-refractivity contribution is -0.137. The maximum absolute atomic E-state index is 12.0. The third kappa shape index (κ3) is 2.49. The number of likely N-dealkylation sites (tertiary alicyclic amines) is 1. The molecule has 0 radical (unpaired) electrons. The van der Waals surface area contributed by atoms with Crippen LogP contribution < -0.4 is 0 Å². The molecule has 4 heteroatoms. The van der Waals surface area contributed by atoms with Crippen molar-refractivity contribution in [2.24, 2.45) is 5.92 Å². The summed E-state index contributed by atoms with van der Waals surface area (Å²) in [7, 11) is 0. The van der Waals surface area contributed by atoms with Gasteiger partial charge in [0.05, 0.1) is 24.7 Å². The van der Waals surface area contributed by atoms with Gasteiger partial charge in [-0.3, -0.25) is 4.79 Å². The molecule has 0 aromatic carbocycles. The van der Waals surface area contributed by atoms with Crippen molar-refractivity contribution in [3.63, 3.8) is 0 Å². The van der Waals surface area contributed by atoms with Crippen molar-refractivity contribution in [2.45, 2.75) is 38.4 Å². The van der Waals surface area contributed by atoms with Gasteiger partial charge in [0, 0.05) is 13.1 Å². The number of carbonyl (C=O) groups is 1. The summed E-state index contributed by atoms with van der Waals surface area (Å²) >= 11 is 0. The normalized spacial score (nSPS) is 33.3. The predicted octanol–water partition coefficient (Wildman–Crippen LogP) is 0.395. The van der Waals surface area contributed by atoms with E-state index in [0.29, 0.717) is 19.7 Å². The summed E-state index contributed by atoms with van der Waals surface area (Å²) in [4.78, 5) is 13.9. The van der Waals surface area contributed by atoms with Gasteiger partial charge in [-0.05, 0) is 26.2 Å². The molecule has 0 saturated carbocycles. The van der Waals surface area contributed by atoms with E-state index in [1.165, 1.54) is 0 Å². The number of rotatable bonds is 1. The number of aliphatic hydroxyl groups is 1. The molecule has 4 nitrogen and oxygen atoms in total. The molecule has 0 aromatic heterocycles. The summed E-state index contributed by atoms with van der Waals surface area (Å²) < 4.78 is 5.40. The Balaban J connectivity index is 1.85. The van der Waals surface area contributed by atoms with Crippen LogP contribution in [0.5, 0.6) is 0 Å². The lowest BCUT2D eigenvalue weighted by Gasteiger charge is -2.31. The van der Waals surface area contributed by atoms with Crippen LogP contribution in [-0.4, -0.2) is 47.8 Å². The number of nitrogens with zero attached hydrogens (tertiary/aromatic N) is 1. The van der Waals surface area contributed by atoms with E-state index in [4.69, 9.17) is 4.74 Å². The Labute approximate surface area is 90.2 Å². The first-order chi connectivity index (χ1) is 7.16. The molecule has 2 rings (SSSR count). The van der Waals surface area contributed by atoms with Crippen LogP contribution in [0.2, 0.25) is 0 Å². The molecule has 1 amide bonds. The molecule has 15 heavy (non-hydrogen) atoms. The number of ether oxygens (including phenoxy) is 1. The fourth-order valence-electron chi connectivity index (χ4n) is 2.33. The van der Waals surface area contributed by atoms with Crippen molar-refractivity contribution >= 4 is 5.91 Å². The lowest BCUT2D eigenvalue weighted by atomic mass is 10.0. The smallest absolute Gasteiger partial charge is 0.228 e. The Kier molecular flexibility index (Phi) is 3.26. The van der Waals surface area contributed by atoms with Crippen molar-refractivity contribution in [1.82, 2.24) is 4.90 Å². The van der Waals surface area contributed by atoms with E-state index < -0.39 is 0 Å². The van der Waals surface area contributed by atoms with Gasteiger partial charge in [-0.2, -0.15) is 0 Å². The van der Waals surface area contributed by atoms with Crippen molar-refractivity contribution < 1.29 is 14.6 Å². The molecule has 0 aromatic rings. The van der Waals surface area contributed by atoms with E-state index in [9.17, 15) is 9.90 Å². The van der Waals surface area contributed by atoms with E-state index in [2.05, 4.69) is 0 Å². The predicted molar refractivity (Wildman–Crippen MR) is 55.3 cm³/mol. The second-order valence-corrected chi connectivity index (χ2v) is 4.63. The SMILES string of the molecule is CC1CC(C(=O)N2CCC(O)CC2)CO1. The van der Waals surface area contributed by atoms with Gasteiger partial charge in [0.1, 0.15) is 0 Å². The van der Waals surface area contributed by atoms with Gasteiger partial charge in [-0.15, -0.1) is 0 Å². The molecule has 2 aliphatic heterocycles. The van der Waals surface area contributed by atoms with Crippen LogP contribution in [0, 0.1) is 5.92 Å². The van der Waals surface area contributed by atoms with Gasteiger partial charge >= 0.3 is 0 Å². The van der Waals surface area contributed by atoms with Crippen LogP contribution in [0.3, 0.4) is 0 Å². The minimum absolute atomic E-state index is 0.0512. The molecule has 86 valence electrons. The van der Waals surface area contributed by atoms with E-state index in [0.717, 1.165) is 19.3 Å². The van der Waals surface area contributed by atoms with Crippen LogP contribution >= 0.6 is 0 Å². The monoisotopic (exact) mass is 213 g/mol. The minimum Gasteiger partial charge on any atom is -0.393 e. The van der Waals surface area contributed by atoms with Crippen LogP contribution in [-0.2, 0) is 9.53 Å². The first kappa shape index (κ1) is 10.9. The number of hydrogen-bond acceptors (Lipinski definition) is 3. The van der Waals surface area contributed by atoms with Crippen molar-refractivity contribution in [2.75, 3.05) is 19.7 Å². The number of hydrogen-bond donors (Lipinski definition) is 1. The highest BCUT2D eigenvalue weighted by Crippen LogP contribution is 2.22. The van der Waals surface area contributed by atoms with Crippen molar-refractivity contribution in [1.29, 1.82) is 0 Å². The molecule has 0 bridgehead atoms. The molecule has 2 heterocycles. The minimum atomic E-state index is -0.215. The molecule has 2 fully saturated rings. The van der Waals surface area contributed by atoms with Crippen LogP contribution in [0.25, 0.3) is 0 Å². The number of carbonyl (C=O) groups excluding carboxylic acids is 1. The third-order valence-electron chi connectivity index (χ3n) is 3.32. The second-order valence-electron chi connectivity index (χ2n) is 4.63. The Hall–Kier alpha value is -0.610. The first-order valence-electron chi connectivity index (χ1n) is 5.75. The van der Waals surface area contributed by atoms with Crippen molar-refractivity contribution in [3.05, 3.63) is 0 Å². The summed E-state index contributed by atoms with van der Waals surface area (Å²) in [6, 6.07) is 0. The zero-order valence-electron chi connectivity index (χ0n) is 9.19. The Bertz CT molecular complexity index is 236. The average Bonchev–Trinajstić information content (AvgIpc) is 2.65. The maximum Gasteiger partial charge on any atom is 0.228 e. The second kappa shape index (κ2) is 4.49. The molecule has 0 aliphatic carbocycles. The molecule has 2 aliphatic rings. The zero-order chi connectivity index (χ0) is 10.8. The van der Waals surface area contributed by atoms with Gasteiger partial charge in [-0.1, -0.05) is 0 Å². The molecule has 2 saturated heterocycles. The molecule has 2 unspecified atom stereocenters. The summed E-state index contributed by atoms with van der Waals surface area (Å²) in [5.41, 5.74) is 0. The highest BCUT2D eigenvalue weighted by molar-refractivity contribution is 5.79. The van der Waals surface area contributed by atoms with Gasteiger partial charge < -0.3 is 14.7 Å². The summed E-state index contributed by atoms with van der Waals surface area (Å²) in [5, 5.41) is 9.35. The summed E-state index contributed by atoms with van der Waals surface area (Å²) in [5.74, 6) is 0.265.